The van der Waals surface area contributed by atoms with Crippen molar-refractivity contribution in [2.24, 2.45) is 11.8 Å². The standard InChI is InChI=1S/C24H30N2O5S/c1-16-8-10-21(11-9-16)25-23(27)19(4)31-24(28)20-6-5-7-22(13-20)32(29,30)26-14-17(2)12-18(3)15-26/h5-11,13,17-19H,12,14-15H2,1-4H3,(H,25,27). The smallest absolute Gasteiger partial charge is 0.338 e. The molecule has 0 spiro atoms. The molecule has 3 unspecified atom stereocenters. The molecule has 1 fully saturated rings. The van der Waals surface area contributed by atoms with Crippen molar-refractivity contribution in [1.29, 1.82) is 0 Å². The number of nitrogens with one attached hydrogen (secondary N) is 1. The topological polar surface area (TPSA) is 92.8 Å². The first-order valence-corrected chi connectivity index (χ1v) is 12.2. The highest BCUT2D eigenvalue weighted by atomic mass is 32.2. The summed E-state index contributed by atoms with van der Waals surface area (Å²) in [6.07, 6.45) is -0.0612. The van der Waals surface area contributed by atoms with Gasteiger partial charge >= 0.3 is 5.97 Å². The first kappa shape index (κ1) is 23.9. The summed E-state index contributed by atoms with van der Waals surface area (Å²) in [4.78, 5) is 25.0. The normalized spacial score (nSPS) is 20.4. The third-order valence-electron chi connectivity index (χ3n) is 5.52. The van der Waals surface area contributed by atoms with Crippen LogP contribution in [0.5, 0.6) is 0 Å². The fraction of sp³-hybridized carbons (Fsp3) is 0.417. The molecule has 2 aromatic carbocycles. The van der Waals surface area contributed by atoms with Crippen LogP contribution in [0.1, 0.15) is 43.1 Å². The second kappa shape index (κ2) is 9.83. The molecule has 1 saturated heterocycles. The summed E-state index contributed by atoms with van der Waals surface area (Å²) < 4.78 is 33.0. The summed E-state index contributed by atoms with van der Waals surface area (Å²) in [5.74, 6) is -0.680. The van der Waals surface area contributed by atoms with E-state index in [4.69, 9.17) is 4.74 Å². The van der Waals surface area contributed by atoms with E-state index in [1.807, 2.05) is 32.9 Å². The maximum Gasteiger partial charge on any atom is 0.338 e. The first-order chi connectivity index (χ1) is 15.1. The molecule has 7 nitrogen and oxygen atoms in total. The SMILES string of the molecule is Cc1ccc(NC(=O)C(C)OC(=O)c2cccc(S(=O)(=O)N3CC(C)CC(C)C3)c2)cc1. The number of piperidine rings is 1. The van der Waals surface area contributed by atoms with Gasteiger partial charge in [0, 0.05) is 18.8 Å². The largest absolute Gasteiger partial charge is 0.449 e. The molecule has 0 radical (unpaired) electrons. The Kier molecular flexibility index (Phi) is 7.36. The number of aryl methyl sites for hydroxylation is 1. The van der Waals surface area contributed by atoms with Crippen LogP contribution < -0.4 is 5.32 Å². The number of amides is 1. The second-order valence-electron chi connectivity index (χ2n) is 8.70. The Bertz CT molecular complexity index is 1070. The van der Waals surface area contributed by atoms with Crippen LogP contribution in [-0.4, -0.2) is 43.8 Å². The minimum Gasteiger partial charge on any atom is -0.449 e. The second-order valence-corrected chi connectivity index (χ2v) is 10.6. The fourth-order valence-corrected chi connectivity index (χ4v) is 5.62. The van der Waals surface area contributed by atoms with Crippen molar-refractivity contribution < 1.29 is 22.7 Å². The van der Waals surface area contributed by atoms with Gasteiger partial charge in [-0.25, -0.2) is 13.2 Å². The van der Waals surface area contributed by atoms with Gasteiger partial charge in [0.15, 0.2) is 6.10 Å². The zero-order chi connectivity index (χ0) is 23.5. The minimum absolute atomic E-state index is 0.0463. The van der Waals surface area contributed by atoms with Crippen molar-refractivity contribution in [3.05, 3.63) is 59.7 Å². The van der Waals surface area contributed by atoms with Gasteiger partial charge < -0.3 is 10.1 Å². The van der Waals surface area contributed by atoms with Gasteiger partial charge in [0.05, 0.1) is 10.5 Å². The zero-order valence-electron chi connectivity index (χ0n) is 18.9. The number of nitrogens with zero attached hydrogens (tertiary/aromatic N) is 1. The molecule has 1 N–H and O–H groups in total. The summed E-state index contributed by atoms with van der Waals surface area (Å²) in [6.45, 7) is 8.40. The average Bonchev–Trinajstić information content (AvgIpc) is 2.74. The molecular formula is C24H30N2O5S. The van der Waals surface area contributed by atoms with Gasteiger partial charge in [-0.05, 0) is 62.4 Å². The Hall–Kier alpha value is -2.71. The molecule has 32 heavy (non-hydrogen) atoms. The third kappa shape index (κ3) is 5.75. The molecule has 3 atom stereocenters. The van der Waals surface area contributed by atoms with Crippen LogP contribution in [0.2, 0.25) is 0 Å². The molecule has 0 saturated carbocycles. The lowest BCUT2D eigenvalue weighted by Crippen LogP contribution is -2.42. The number of ether oxygens (including phenoxy) is 1. The van der Waals surface area contributed by atoms with Crippen molar-refractivity contribution in [1.82, 2.24) is 4.31 Å². The zero-order valence-corrected chi connectivity index (χ0v) is 19.7. The summed E-state index contributed by atoms with van der Waals surface area (Å²) in [5.41, 5.74) is 1.74. The predicted octanol–water partition coefficient (Wildman–Crippen LogP) is 3.85. The number of hydrogen-bond acceptors (Lipinski definition) is 5. The highest BCUT2D eigenvalue weighted by Gasteiger charge is 2.32. The Morgan fingerprint density at radius 1 is 1.06 bits per heavy atom. The number of carbonyl (C=O) groups excluding carboxylic acids is 2. The van der Waals surface area contributed by atoms with E-state index in [1.54, 1.807) is 12.1 Å². The molecule has 0 aromatic heterocycles. The van der Waals surface area contributed by atoms with Gasteiger partial charge in [-0.3, -0.25) is 4.79 Å². The van der Waals surface area contributed by atoms with Gasteiger partial charge in [0.2, 0.25) is 10.0 Å². The van der Waals surface area contributed by atoms with Crippen molar-refractivity contribution in [2.45, 2.75) is 45.1 Å². The summed E-state index contributed by atoms with van der Waals surface area (Å²) in [5, 5.41) is 2.69. The summed E-state index contributed by atoms with van der Waals surface area (Å²) in [6, 6.07) is 13.0. The molecule has 0 bridgehead atoms. The highest BCUT2D eigenvalue weighted by molar-refractivity contribution is 7.89. The molecule has 0 aliphatic carbocycles. The first-order valence-electron chi connectivity index (χ1n) is 10.7. The van der Waals surface area contributed by atoms with E-state index in [0.29, 0.717) is 18.8 Å². The van der Waals surface area contributed by atoms with Gasteiger partial charge in [-0.2, -0.15) is 4.31 Å². The van der Waals surface area contributed by atoms with Crippen molar-refractivity contribution in [3.8, 4) is 0 Å². The Morgan fingerprint density at radius 3 is 2.31 bits per heavy atom. The van der Waals surface area contributed by atoms with Crippen LogP contribution in [0.25, 0.3) is 0 Å². The molecule has 3 rings (SSSR count). The van der Waals surface area contributed by atoms with Crippen LogP contribution >= 0.6 is 0 Å². The molecule has 1 amide bonds. The number of rotatable bonds is 6. The van der Waals surface area contributed by atoms with Gasteiger partial charge in [0.25, 0.3) is 5.91 Å². The average molecular weight is 459 g/mol. The Morgan fingerprint density at radius 2 is 1.69 bits per heavy atom. The van der Waals surface area contributed by atoms with E-state index in [-0.39, 0.29) is 22.3 Å². The third-order valence-corrected chi connectivity index (χ3v) is 7.34. The summed E-state index contributed by atoms with van der Waals surface area (Å²) >= 11 is 0. The molecule has 1 aliphatic rings. The van der Waals surface area contributed by atoms with Crippen LogP contribution in [0.4, 0.5) is 5.69 Å². The molecule has 2 aromatic rings. The van der Waals surface area contributed by atoms with E-state index < -0.39 is 28.0 Å². The van der Waals surface area contributed by atoms with E-state index in [1.165, 1.54) is 35.5 Å². The maximum atomic E-state index is 13.1. The highest BCUT2D eigenvalue weighted by Crippen LogP contribution is 2.27. The monoisotopic (exact) mass is 458 g/mol. The lowest BCUT2D eigenvalue weighted by molar-refractivity contribution is -0.123. The van der Waals surface area contributed by atoms with Crippen LogP contribution in [0, 0.1) is 18.8 Å². The predicted molar refractivity (Wildman–Crippen MR) is 123 cm³/mol. The van der Waals surface area contributed by atoms with Crippen molar-refractivity contribution in [2.75, 3.05) is 18.4 Å². The van der Waals surface area contributed by atoms with Crippen LogP contribution in [0.3, 0.4) is 0 Å². The quantitative estimate of drug-likeness (QED) is 0.664. The van der Waals surface area contributed by atoms with Gasteiger partial charge in [-0.1, -0.05) is 37.6 Å². The molecular weight excluding hydrogens is 428 g/mol. The fourth-order valence-electron chi connectivity index (χ4n) is 3.90. The Labute approximate surface area is 189 Å². The number of hydrogen-bond donors (Lipinski definition) is 1. The van der Waals surface area contributed by atoms with Gasteiger partial charge in [0.1, 0.15) is 0 Å². The number of esters is 1. The molecule has 172 valence electrons. The lowest BCUT2D eigenvalue weighted by atomic mass is 9.94. The number of carbonyl (C=O) groups is 2. The number of benzene rings is 2. The number of anilines is 1. The maximum absolute atomic E-state index is 13.1. The number of sulfonamides is 1. The Balaban J connectivity index is 1.69. The van der Waals surface area contributed by atoms with E-state index in [9.17, 15) is 18.0 Å². The van der Waals surface area contributed by atoms with Gasteiger partial charge in [-0.15, -0.1) is 0 Å². The van der Waals surface area contributed by atoms with E-state index in [2.05, 4.69) is 5.32 Å². The van der Waals surface area contributed by atoms with Crippen molar-refractivity contribution >= 4 is 27.6 Å². The molecule has 1 heterocycles. The van der Waals surface area contributed by atoms with E-state index >= 15 is 0 Å². The van der Waals surface area contributed by atoms with E-state index in [0.717, 1.165) is 12.0 Å². The minimum atomic E-state index is -3.73. The van der Waals surface area contributed by atoms with Crippen LogP contribution in [-0.2, 0) is 19.6 Å². The van der Waals surface area contributed by atoms with Crippen LogP contribution in [0.15, 0.2) is 53.4 Å². The lowest BCUT2D eigenvalue weighted by Gasteiger charge is -2.34. The van der Waals surface area contributed by atoms with Crippen molar-refractivity contribution in [3.63, 3.8) is 0 Å². The molecule has 8 heteroatoms. The summed E-state index contributed by atoms with van der Waals surface area (Å²) in [7, 11) is -3.73. The molecule has 1 aliphatic heterocycles.